The van der Waals surface area contributed by atoms with Gasteiger partial charge in [0.15, 0.2) is 0 Å². The number of amides is 2. The molecular weight excluding hydrogens is 406 g/mol. The average Bonchev–Trinajstić information content (AvgIpc) is 3.11. The molecule has 9 heteroatoms. The first-order valence-corrected chi connectivity index (χ1v) is 10.4. The molecule has 0 unspecified atom stereocenters. The van der Waals surface area contributed by atoms with Gasteiger partial charge in [-0.25, -0.2) is 0 Å². The van der Waals surface area contributed by atoms with Crippen LogP contribution in [0.25, 0.3) is 0 Å². The predicted octanol–water partition coefficient (Wildman–Crippen LogP) is 1.07. The molecule has 0 fully saturated rings. The Hall–Kier alpha value is -2.30. The molecule has 2 amide bonds. The summed E-state index contributed by atoms with van der Waals surface area (Å²) in [6.45, 7) is 5.31. The maximum Gasteiger partial charge on any atom is 0.253 e. The summed E-state index contributed by atoms with van der Waals surface area (Å²) in [6, 6.07) is 9.62. The Morgan fingerprint density at radius 1 is 0.548 bits per heavy atom. The Morgan fingerprint density at radius 2 is 0.968 bits per heavy atom. The van der Waals surface area contributed by atoms with Gasteiger partial charge in [-0.3, -0.25) is 14.5 Å². The third kappa shape index (κ3) is 11.6. The molecule has 0 radical (unpaired) electrons. The smallest absolute Gasteiger partial charge is 0.253 e. The molecule has 1 heterocycles. The fourth-order valence-corrected chi connectivity index (χ4v) is 2.52. The number of rotatable bonds is 19. The number of para-hydroxylation sites is 1. The summed E-state index contributed by atoms with van der Waals surface area (Å²) in [6.07, 6.45) is 2.52. The monoisotopic (exact) mass is 437 g/mol. The zero-order chi connectivity index (χ0) is 22.0. The molecule has 1 aromatic carbocycles. The second-order valence-corrected chi connectivity index (χ2v) is 6.38. The van der Waals surface area contributed by atoms with Crippen molar-refractivity contribution < 1.29 is 38.0 Å². The highest BCUT2D eigenvalue weighted by Crippen LogP contribution is 2.07. The highest BCUT2D eigenvalue weighted by Gasteiger charge is 2.22. The number of benzene rings is 1. The highest BCUT2D eigenvalue weighted by atomic mass is 16.6. The zero-order valence-electron chi connectivity index (χ0n) is 17.7. The van der Waals surface area contributed by atoms with E-state index in [2.05, 4.69) is 0 Å². The van der Waals surface area contributed by atoms with Crippen LogP contribution in [0.1, 0.15) is 0 Å². The summed E-state index contributed by atoms with van der Waals surface area (Å²) in [7, 11) is 0. The minimum atomic E-state index is -0.299. The lowest BCUT2D eigenvalue weighted by atomic mass is 10.3. The van der Waals surface area contributed by atoms with E-state index in [4.69, 9.17) is 28.4 Å². The molecule has 1 aliphatic heterocycles. The minimum Gasteiger partial charge on any atom is -0.491 e. The first kappa shape index (κ1) is 25.0. The molecular formula is C22H31NO8. The van der Waals surface area contributed by atoms with Crippen LogP contribution in [-0.4, -0.2) is 95.9 Å². The quantitative estimate of drug-likeness (QED) is 0.234. The number of hydrogen-bond acceptors (Lipinski definition) is 8. The molecule has 0 saturated heterocycles. The van der Waals surface area contributed by atoms with Crippen LogP contribution in [0, 0.1) is 0 Å². The van der Waals surface area contributed by atoms with E-state index >= 15 is 0 Å². The number of carbonyl (C=O) groups excluding carboxylic acids is 2. The maximum absolute atomic E-state index is 11.3. The minimum absolute atomic E-state index is 0.250. The molecule has 2 rings (SSSR count). The number of imide groups is 1. The Bertz CT molecular complexity index is 634. The van der Waals surface area contributed by atoms with Crippen molar-refractivity contribution in [2.24, 2.45) is 0 Å². The summed E-state index contributed by atoms with van der Waals surface area (Å²) in [4.78, 5) is 23.8. The van der Waals surface area contributed by atoms with Crippen LogP contribution in [0.5, 0.6) is 5.75 Å². The van der Waals surface area contributed by atoms with Gasteiger partial charge in [0.1, 0.15) is 12.4 Å². The van der Waals surface area contributed by atoms with Gasteiger partial charge in [-0.2, -0.15) is 0 Å². The largest absolute Gasteiger partial charge is 0.491 e. The molecule has 9 nitrogen and oxygen atoms in total. The Balaban J connectivity index is 1.24. The van der Waals surface area contributed by atoms with Crippen LogP contribution in [0.3, 0.4) is 0 Å². The Kier molecular flexibility index (Phi) is 13.2. The van der Waals surface area contributed by atoms with Gasteiger partial charge in [-0.05, 0) is 12.1 Å². The van der Waals surface area contributed by atoms with Crippen molar-refractivity contribution in [2.45, 2.75) is 0 Å². The molecule has 0 spiro atoms. The third-order valence-electron chi connectivity index (χ3n) is 4.09. The fourth-order valence-electron chi connectivity index (χ4n) is 2.52. The molecule has 0 aromatic heterocycles. The predicted molar refractivity (Wildman–Crippen MR) is 112 cm³/mol. The van der Waals surface area contributed by atoms with E-state index in [1.165, 1.54) is 12.2 Å². The molecule has 1 aliphatic rings. The lowest BCUT2D eigenvalue weighted by Gasteiger charge is -2.13. The maximum atomic E-state index is 11.3. The van der Waals surface area contributed by atoms with E-state index in [1.54, 1.807) is 0 Å². The van der Waals surface area contributed by atoms with Crippen molar-refractivity contribution in [3.63, 3.8) is 0 Å². The molecule has 0 N–H and O–H groups in total. The molecule has 0 aliphatic carbocycles. The Labute approximate surface area is 182 Å². The van der Waals surface area contributed by atoms with Gasteiger partial charge in [-0.15, -0.1) is 0 Å². The van der Waals surface area contributed by atoms with Crippen molar-refractivity contribution in [1.29, 1.82) is 0 Å². The second kappa shape index (κ2) is 16.4. The SMILES string of the molecule is O=C1C=CC(=O)N1CCOCCOCCOCCOCCOCCOc1ccccc1. The standard InChI is InChI=1S/C22H31NO8/c24-21-6-7-22(25)23(21)8-9-26-10-11-27-12-13-28-14-15-29-16-17-30-18-19-31-20-4-2-1-3-5-20/h1-7H,8-19H2. The van der Waals surface area contributed by atoms with Gasteiger partial charge >= 0.3 is 0 Å². The van der Waals surface area contributed by atoms with Gasteiger partial charge in [0.05, 0.1) is 72.6 Å². The van der Waals surface area contributed by atoms with E-state index < -0.39 is 0 Å². The topological polar surface area (TPSA) is 92.8 Å². The molecule has 1 aromatic rings. The van der Waals surface area contributed by atoms with Crippen LogP contribution in [0.4, 0.5) is 0 Å². The van der Waals surface area contributed by atoms with Gasteiger partial charge in [0, 0.05) is 12.2 Å². The lowest BCUT2D eigenvalue weighted by Crippen LogP contribution is -2.33. The average molecular weight is 437 g/mol. The summed E-state index contributed by atoms with van der Waals surface area (Å²) in [5.41, 5.74) is 0. The number of ether oxygens (including phenoxy) is 6. The highest BCUT2D eigenvalue weighted by molar-refractivity contribution is 6.12. The first-order chi connectivity index (χ1) is 15.3. The molecule has 0 saturated carbocycles. The van der Waals surface area contributed by atoms with E-state index in [-0.39, 0.29) is 18.4 Å². The van der Waals surface area contributed by atoms with Gasteiger partial charge in [0.25, 0.3) is 11.8 Å². The normalized spacial score (nSPS) is 13.4. The number of hydrogen-bond donors (Lipinski definition) is 0. The van der Waals surface area contributed by atoms with Crippen LogP contribution in [0.15, 0.2) is 42.5 Å². The van der Waals surface area contributed by atoms with E-state index in [9.17, 15) is 9.59 Å². The van der Waals surface area contributed by atoms with Crippen molar-refractivity contribution >= 4 is 11.8 Å². The summed E-state index contributed by atoms with van der Waals surface area (Å²) in [5.74, 6) is 0.237. The Morgan fingerprint density at radius 3 is 1.45 bits per heavy atom. The lowest BCUT2D eigenvalue weighted by molar-refractivity contribution is -0.137. The fraction of sp³-hybridized carbons (Fsp3) is 0.545. The van der Waals surface area contributed by atoms with Crippen molar-refractivity contribution in [3.05, 3.63) is 42.5 Å². The van der Waals surface area contributed by atoms with Crippen molar-refractivity contribution in [1.82, 2.24) is 4.90 Å². The summed E-state index contributed by atoms with van der Waals surface area (Å²) < 4.78 is 32.5. The van der Waals surface area contributed by atoms with Crippen LogP contribution >= 0.6 is 0 Å². The summed E-state index contributed by atoms with van der Waals surface area (Å²) >= 11 is 0. The van der Waals surface area contributed by atoms with Crippen molar-refractivity contribution in [2.75, 3.05) is 79.2 Å². The van der Waals surface area contributed by atoms with Crippen LogP contribution in [-0.2, 0) is 33.3 Å². The van der Waals surface area contributed by atoms with E-state index in [0.717, 1.165) is 10.6 Å². The van der Waals surface area contributed by atoms with Gasteiger partial charge in [-0.1, -0.05) is 18.2 Å². The number of carbonyl (C=O) groups is 2. The van der Waals surface area contributed by atoms with Crippen LogP contribution < -0.4 is 4.74 Å². The van der Waals surface area contributed by atoms with Gasteiger partial charge in [0.2, 0.25) is 0 Å². The van der Waals surface area contributed by atoms with E-state index in [1.807, 2.05) is 30.3 Å². The van der Waals surface area contributed by atoms with Crippen molar-refractivity contribution in [3.8, 4) is 5.75 Å². The molecule has 0 bridgehead atoms. The van der Waals surface area contributed by atoms with E-state index in [0.29, 0.717) is 72.7 Å². The molecule has 31 heavy (non-hydrogen) atoms. The number of nitrogens with zero attached hydrogens (tertiary/aromatic N) is 1. The molecule has 0 atom stereocenters. The van der Waals surface area contributed by atoms with Crippen LogP contribution in [0.2, 0.25) is 0 Å². The second-order valence-electron chi connectivity index (χ2n) is 6.38. The third-order valence-corrected chi connectivity index (χ3v) is 4.09. The molecule has 172 valence electrons. The zero-order valence-corrected chi connectivity index (χ0v) is 17.7. The summed E-state index contributed by atoms with van der Waals surface area (Å²) in [5, 5.41) is 0. The van der Waals surface area contributed by atoms with Gasteiger partial charge < -0.3 is 28.4 Å². The first-order valence-electron chi connectivity index (χ1n) is 10.4.